The van der Waals surface area contributed by atoms with Crippen LogP contribution >= 0.6 is 11.6 Å². The molecule has 0 rings (SSSR count). The van der Waals surface area contributed by atoms with Crippen molar-refractivity contribution >= 4 is 23.5 Å². The number of halogens is 1. The maximum absolute atomic E-state index is 11.2. The van der Waals surface area contributed by atoms with Gasteiger partial charge in [0.25, 0.3) is 0 Å². The van der Waals surface area contributed by atoms with E-state index in [1.54, 1.807) is 27.7 Å². The number of carbonyl (C=O) groups is 2. The Morgan fingerprint density at radius 2 is 1.93 bits per heavy atom. The van der Waals surface area contributed by atoms with Crippen molar-refractivity contribution < 1.29 is 14.3 Å². The zero-order valence-corrected chi connectivity index (χ0v) is 10.4. The molecule has 0 aliphatic carbocycles. The zero-order valence-electron chi connectivity index (χ0n) is 9.59. The Kier molecular flexibility index (Phi) is 5.65. The molecule has 1 N–H and O–H groups in total. The van der Waals surface area contributed by atoms with E-state index in [1.807, 2.05) is 0 Å². The Balaban J connectivity index is 3.86. The second-order valence-corrected chi connectivity index (χ2v) is 4.65. The van der Waals surface area contributed by atoms with Crippen molar-refractivity contribution in [2.75, 3.05) is 12.4 Å². The van der Waals surface area contributed by atoms with E-state index in [0.717, 1.165) is 0 Å². The van der Waals surface area contributed by atoms with Gasteiger partial charge in [0.15, 0.2) is 5.78 Å². The molecule has 0 aromatic carbocycles. The molecule has 0 saturated carbocycles. The summed E-state index contributed by atoms with van der Waals surface area (Å²) in [6, 6.07) is 0. The van der Waals surface area contributed by atoms with Crippen LogP contribution in [0.25, 0.3) is 0 Å². The van der Waals surface area contributed by atoms with Crippen LogP contribution in [0.1, 0.15) is 27.7 Å². The number of rotatable bonds is 4. The summed E-state index contributed by atoms with van der Waals surface area (Å²) in [5, 5.41) is 2.51. The molecular weight excluding hydrogens is 218 g/mol. The Morgan fingerprint density at radius 3 is 2.33 bits per heavy atom. The Labute approximate surface area is 95.3 Å². The smallest absolute Gasteiger partial charge is 0.407 e. The molecule has 0 saturated heterocycles. The number of nitrogens with one attached hydrogen (secondary N) is 1. The van der Waals surface area contributed by atoms with Gasteiger partial charge in [0.1, 0.15) is 5.60 Å². The summed E-state index contributed by atoms with van der Waals surface area (Å²) in [7, 11) is 0. The Bertz CT molecular complexity index is 235. The van der Waals surface area contributed by atoms with Gasteiger partial charge in [-0.05, 0) is 20.8 Å². The average Bonchev–Trinajstić information content (AvgIpc) is 2.10. The van der Waals surface area contributed by atoms with Crippen molar-refractivity contribution in [1.29, 1.82) is 0 Å². The van der Waals surface area contributed by atoms with Crippen molar-refractivity contribution in [3.05, 3.63) is 0 Å². The van der Waals surface area contributed by atoms with Crippen LogP contribution < -0.4 is 5.32 Å². The summed E-state index contributed by atoms with van der Waals surface area (Å²) in [5.41, 5.74) is -0.524. The number of amides is 1. The predicted molar refractivity (Wildman–Crippen MR) is 59.1 cm³/mol. The highest BCUT2D eigenvalue weighted by Crippen LogP contribution is 2.06. The zero-order chi connectivity index (χ0) is 12.1. The summed E-state index contributed by atoms with van der Waals surface area (Å²) < 4.78 is 5.01. The second-order valence-electron chi connectivity index (χ2n) is 4.38. The van der Waals surface area contributed by atoms with E-state index in [2.05, 4.69) is 5.32 Å². The highest BCUT2D eigenvalue weighted by Gasteiger charge is 2.18. The molecule has 5 heteroatoms. The molecule has 1 atom stereocenters. The largest absolute Gasteiger partial charge is 0.444 e. The topological polar surface area (TPSA) is 55.4 Å². The number of Topliss-reactive ketones (excluding diaryl/α,β-unsaturated/α-hetero) is 1. The van der Waals surface area contributed by atoms with E-state index in [9.17, 15) is 9.59 Å². The van der Waals surface area contributed by atoms with E-state index < -0.39 is 11.7 Å². The summed E-state index contributed by atoms with van der Waals surface area (Å²) in [6.45, 7) is 7.29. The van der Waals surface area contributed by atoms with Crippen LogP contribution in [0, 0.1) is 5.92 Å². The van der Waals surface area contributed by atoms with Gasteiger partial charge in [-0.1, -0.05) is 6.92 Å². The van der Waals surface area contributed by atoms with Gasteiger partial charge in [-0.3, -0.25) is 4.79 Å². The van der Waals surface area contributed by atoms with Crippen molar-refractivity contribution in [3.63, 3.8) is 0 Å². The molecule has 0 heterocycles. The lowest BCUT2D eigenvalue weighted by Crippen LogP contribution is -2.36. The average molecular weight is 236 g/mol. The maximum Gasteiger partial charge on any atom is 0.407 e. The van der Waals surface area contributed by atoms with Crippen LogP contribution in [0.4, 0.5) is 4.79 Å². The molecule has 0 aromatic heterocycles. The molecule has 0 aliphatic rings. The molecular formula is C10H18ClNO3. The molecule has 88 valence electrons. The fourth-order valence-corrected chi connectivity index (χ4v) is 1.06. The molecule has 0 aromatic rings. The van der Waals surface area contributed by atoms with Crippen molar-refractivity contribution in [3.8, 4) is 0 Å². The molecule has 1 unspecified atom stereocenters. The van der Waals surface area contributed by atoms with Crippen molar-refractivity contribution in [2.45, 2.75) is 33.3 Å². The lowest BCUT2D eigenvalue weighted by atomic mass is 10.1. The van der Waals surface area contributed by atoms with Gasteiger partial charge in [0.2, 0.25) is 0 Å². The molecule has 0 fully saturated rings. The van der Waals surface area contributed by atoms with Gasteiger partial charge in [-0.25, -0.2) is 4.79 Å². The molecule has 0 spiro atoms. The molecule has 0 bridgehead atoms. The van der Waals surface area contributed by atoms with Gasteiger partial charge < -0.3 is 10.1 Å². The van der Waals surface area contributed by atoms with Crippen LogP contribution in [-0.4, -0.2) is 29.9 Å². The first-order valence-electron chi connectivity index (χ1n) is 4.82. The fraction of sp³-hybridized carbons (Fsp3) is 0.800. The van der Waals surface area contributed by atoms with E-state index in [1.165, 1.54) is 0 Å². The van der Waals surface area contributed by atoms with E-state index >= 15 is 0 Å². The number of carbonyl (C=O) groups excluding carboxylic acids is 2. The molecule has 1 amide bonds. The minimum atomic E-state index is -0.524. The summed E-state index contributed by atoms with van der Waals surface area (Å²) in [4.78, 5) is 22.3. The minimum absolute atomic E-state index is 0.0306. The Hall–Kier alpha value is -0.770. The molecule has 0 radical (unpaired) electrons. The quantitative estimate of drug-likeness (QED) is 0.758. The van der Waals surface area contributed by atoms with Crippen molar-refractivity contribution in [2.24, 2.45) is 5.92 Å². The number of alkyl carbamates (subject to hydrolysis) is 1. The minimum Gasteiger partial charge on any atom is -0.444 e. The van der Waals surface area contributed by atoms with Gasteiger partial charge in [0.05, 0.1) is 5.88 Å². The standard InChI is InChI=1S/C10H18ClNO3/c1-7(8(13)5-11)6-12-9(14)15-10(2,3)4/h7H,5-6H2,1-4H3,(H,12,14). The summed E-state index contributed by atoms with van der Waals surface area (Å²) >= 11 is 5.38. The van der Waals surface area contributed by atoms with Crippen LogP contribution in [-0.2, 0) is 9.53 Å². The van der Waals surface area contributed by atoms with Gasteiger partial charge in [0, 0.05) is 12.5 Å². The number of ketones is 1. The first-order chi connectivity index (χ1) is 6.76. The number of ether oxygens (including phenoxy) is 1. The number of hydrogen-bond acceptors (Lipinski definition) is 3. The van der Waals surface area contributed by atoms with Crippen LogP contribution in [0.15, 0.2) is 0 Å². The third-order valence-electron chi connectivity index (χ3n) is 1.63. The van der Waals surface area contributed by atoms with E-state index in [0.29, 0.717) is 0 Å². The highest BCUT2D eigenvalue weighted by molar-refractivity contribution is 6.27. The number of alkyl halides is 1. The monoisotopic (exact) mass is 235 g/mol. The van der Waals surface area contributed by atoms with E-state index in [4.69, 9.17) is 16.3 Å². The van der Waals surface area contributed by atoms with Crippen LogP contribution in [0.3, 0.4) is 0 Å². The SMILES string of the molecule is CC(CNC(=O)OC(C)(C)C)C(=O)CCl. The van der Waals surface area contributed by atoms with Crippen LogP contribution in [0.2, 0.25) is 0 Å². The van der Waals surface area contributed by atoms with Crippen molar-refractivity contribution in [1.82, 2.24) is 5.32 Å². The lowest BCUT2D eigenvalue weighted by molar-refractivity contribution is -0.119. The van der Waals surface area contributed by atoms with Gasteiger partial charge in [-0.2, -0.15) is 0 Å². The summed E-state index contributed by atoms with van der Waals surface area (Å²) in [6.07, 6.45) is -0.517. The molecule has 15 heavy (non-hydrogen) atoms. The Morgan fingerprint density at radius 1 is 1.40 bits per heavy atom. The molecule has 0 aliphatic heterocycles. The summed E-state index contributed by atoms with van der Waals surface area (Å²) in [5.74, 6) is -0.403. The predicted octanol–water partition coefficient (Wildman–Crippen LogP) is 1.96. The normalized spacial score (nSPS) is 13.1. The first-order valence-corrected chi connectivity index (χ1v) is 5.35. The first kappa shape index (κ1) is 14.2. The number of hydrogen-bond donors (Lipinski definition) is 1. The lowest BCUT2D eigenvalue weighted by Gasteiger charge is -2.20. The third-order valence-corrected chi connectivity index (χ3v) is 1.90. The van der Waals surface area contributed by atoms with Gasteiger partial charge in [-0.15, -0.1) is 11.6 Å². The van der Waals surface area contributed by atoms with Crippen LogP contribution in [0.5, 0.6) is 0 Å². The fourth-order valence-electron chi connectivity index (χ4n) is 0.796. The van der Waals surface area contributed by atoms with E-state index in [-0.39, 0.29) is 24.1 Å². The molecule has 4 nitrogen and oxygen atoms in total. The maximum atomic E-state index is 11.2. The third kappa shape index (κ3) is 7.19. The highest BCUT2D eigenvalue weighted by atomic mass is 35.5. The second kappa shape index (κ2) is 5.95. The van der Waals surface area contributed by atoms with Gasteiger partial charge >= 0.3 is 6.09 Å².